The summed E-state index contributed by atoms with van der Waals surface area (Å²) in [5, 5.41) is 14.6. The number of amides is 1. The van der Waals surface area contributed by atoms with Gasteiger partial charge in [0.1, 0.15) is 0 Å². The van der Waals surface area contributed by atoms with Crippen molar-refractivity contribution in [2.24, 2.45) is 10.1 Å². The molecule has 3 aromatic carbocycles. The van der Waals surface area contributed by atoms with Crippen molar-refractivity contribution >= 4 is 50.3 Å². The zero-order chi connectivity index (χ0) is 22.7. The summed E-state index contributed by atoms with van der Waals surface area (Å²) < 4.78 is 23.0. The van der Waals surface area contributed by atoms with Gasteiger partial charge in [0.2, 0.25) is 10.0 Å². The van der Waals surface area contributed by atoms with Crippen LogP contribution in [-0.2, 0) is 14.8 Å². The van der Waals surface area contributed by atoms with E-state index in [-0.39, 0.29) is 10.8 Å². The molecule has 0 saturated carbocycles. The molecular weight excluding hydrogens is 444 g/mol. The van der Waals surface area contributed by atoms with Gasteiger partial charge >= 0.3 is 0 Å². The fourth-order valence-electron chi connectivity index (χ4n) is 2.98. The molecule has 7 nitrogen and oxygen atoms in total. The lowest BCUT2D eigenvalue weighted by Crippen LogP contribution is -2.28. The van der Waals surface area contributed by atoms with Crippen molar-refractivity contribution in [1.82, 2.24) is 0 Å². The first-order valence-electron chi connectivity index (χ1n) is 9.36. The van der Waals surface area contributed by atoms with Gasteiger partial charge in [0, 0.05) is 0 Å². The molecule has 0 atom stereocenters. The van der Waals surface area contributed by atoms with Crippen LogP contribution in [0.3, 0.4) is 0 Å². The smallest absolute Gasteiger partial charge is 0.268 e. The Hall–Kier alpha value is -3.71. The number of thioether (sulfide) groups is 1. The summed E-state index contributed by atoms with van der Waals surface area (Å²) >= 11 is 1.21. The van der Waals surface area contributed by atoms with Crippen molar-refractivity contribution in [2.75, 3.05) is 4.90 Å². The Kier molecular flexibility index (Phi) is 5.92. The average molecular weight is 461 g/mol. The quantitative estimate of drug-likeness (QED) is 0.590. The molecule has 32 heavy (non-hydrogen) atoms. The maximum atomic E-state index is 13.2. The third kappa shape index (κ3) is 4.63. The van der Waals surface area contributed by atoms with Crippen molar-refractivity contribution < 1.29 is 13.2 Å². The van der Waals surface area contributed by atoms with E-state index in [2.05, 4.69) is 11.1 Å². The van der Waals surface area contributed by atoms with Gasteiger partial charge in [-0.25, -0.2) is 18.5 Å². The highest BCUT2D eigenvalue weighted by Crippen LogP contribution is 2.37. The number of benzene rings is 3. The van der Waals surface area contributed by atoms with Gasteiger partial charge in [-0.2, -0.15) is 5.26 Å². The lowest BCUT2D eigenvalue weighted by atomic mass is 10.1. The summed E-state index contributed by atoms with van der Waals surface area (Å²) in [4.78, 5) is 19.8. The SMILES string of the molecule is N#Cc1ccc(C=C2SC(=Nc3ccc(S(N)(=O)=O)cc3)N(c3ccccc3)C2=O)cc1. The number of amidine groups is 1. The van der Waals surface area contributed by atoms with Crippen LogP contribution in [0.15, 0.2) is 93.7 Å². The van der Waals surface area contributed by atoms with Crippen LogP contribution in [0, 0.1) is 11.3 Å². The number of carbonyl (C=O) groups excluding carboxylic acids is 1. The Morgan fingerprint density at radius 2 is 1.62 bits per heavy atom. The van der Waals surface area contributed by atoms with Crippen LogP contribution in [0.2, 0.25) is 0 Å². The maximum Gasteiger partial charge on any atom is 0.271 e. The number of carbonyl (C=O) groups is 1. The fourth-order valence-corrected chi connectivity index (χ4v) is 4.50. The molecule has 0 spiro atoms. The number of anilines is 1. The molecule has 9 heteroatoms. The van der Waals surface area contributed by atoms with E-state index in [0.717, 1.165) is 5.56 Å². The van der Waals surface area contributed by atoms with Crippen molar-refractivity contribution in [3.63, 3.8) is 0 Å². The summed E-state index contributed by atoms with van der Waals surface area (Å²) in [6.45, 7) is 0. The van der Waals surface area contributed by atoms with Gasteiger partial charge in [0.15, 0.2) is 5.17 Å². The first-order valence-corrected chi connectivity index (χ1v) is 11.7. The molecule has 1 amide bonds. The zero-order valence-corrected chi connectivity index (χ0v) is 18.2. The van der Waals surface area contributed by atoms with Crippen LogP contribution in [-0.4, -0.2) is 19.5 Å². The van der Waals surface area contributed by atoms with Crippen molar-refractivity contribution in [2.45, 2.75) is 4.90 Å². The summed E-state index contributed by atoms with van der Waals surface area (Å²) in [5.41, 5.74) is 2.46. The molecule has 1 saturated heterocycles. The number of rotatable bonds is 4. The van der Waals surface area contributed by atoms with E-state index < -0.39 is 10.0 Å². The first-order chi connectivity index (χ1) is 15.3. The van der Waals surface area contributed by atoms with Crippen LogP contribution in [0.4, 0.5) is 11.4 Å². The molecule has 1 heterocycles. The lowest BCUT2D eigenvalue weighted by molar-refractivity contribution is -0.113. The number of nitrogens with zero attached hydrogens (tertiary/aromatic N) is 3. The maximum absolute atomic E-state index is 13.2. The van der Waals surface area contributed by atoms with E-state index in [1.165, 1.54) is 40.9 Å². The molecular formula is C23H16N4O3S2. The number of para-hydroxylation sites is 1. The van der Waals surface area contributed by atoms with E-state index in [4.69, 9.17) is 10.4 Å². The monoisotopic (exact) mass is 460 g/mol. The van der Waals surface area contributed by atoms with Crippen LogP contribution < -0.4 is 10.0 Å². The average Bonchev–Trinajstić information content (AvgIpc) is 3.09. The number of aliphatic imine (C=N–C) groups is 1. The Bertz CT molecular complexity index is 1370. The molecule has 158 valence electrons. The number of nitriles is 1. The third-order valence-electron chi connectivity index (χ3n) is 4.55. The standard InChI is InChI=1S/C23H16N4O3S2/c24-15-17-8-6-16(7-9-17)14-21-22(28)27(19-4-2-1-3-5-19)23(31-21)26-18-10-12-20(13-11-18)32(25,29)30/h1-14H,(H2,25,29,30). The molecule has 0 bridgehead atoms. The summed E-state index contributed by atoms with van der Waals surface area (Å²) in [6.07, 6.45) is 1.75. The van der Waals surface area contributed by atoms with E-state index >= 15 is 0 Å². The minimum Gasteiger partial charge on any atom is -0.268 e. The summed E-state index contributed by atoms with van der Waals surface area (Å²) in [7, 11) is -3.81. The normalized spacial score (nSPS) is 16.5. The van der Waals surface area contributed by atoms with E-state index in [1.54, 1.807) is 30.3 Å². The lowest BCUT2D eigenvalue weighted by Gasteiger charge is -2.15. The number of nitrogens with two attached hydrogens (primary N) is 1. The number of hydrogen-bond donors (Lipinski definition) is 1. The molecule has 4 rings (SSSR count). The highest BCUT2D eigenvalue weighted by molar-refractivity contribution is 8.19. The summed E-state index contributed by atoms with van der Waals surface area (Å²) in [5.74, 6) is -0.231. The second-order valence-electron chi connectivity index (χ2n) is 6.75. The largest absolute Gasteiger partial charge is 0.271 e. The second kappa shape index (κ2) is 8.80. The molecule has 0 aliphatic carbocycles. The molecule has 1 aliphatic heterocycles. The van der Waals surface area contributed by atoms with Crippen LogP contribution in [0.25, 0.3) is 6.08 Å². The van der Waals surface area contributed by atoms with E-state index in [9.17, 15) is 13.2 Å². The van der Waals surface area contributed by atoms with Gasteiger partial charge in [-0.1, -0.05) is 30.3 Å². The Morgan fingerprint density at radius 1 is 0.969 bits per heavy atom. The number of primary sulfonamides is 1. The molecule has 0 aromatic heterocycles. The molecule has 1 aliphatic rings. The Balaban J connectivity index is 1.73. The van der Waals surface area contributed by atoms with Gasteiger partial charge in [0.05, 0.1) is 32.8 Å². The van der Waals surface area contributed by atoms with Gasteiger partial charge in [-0.3, -0.25) is 9.69 Å². The van der Waals surface area contributed by atoms with E-state index in [1.807, 2.05) is 30.3 Å². The predicted molar refractivity (Wildman–Crippen MR) is 126 cm³/mol. The first kappa shape index (κ1) is 21.5. The molecule has 1 fully saturated rings. The third-order valence-corrected chi connectivity index (χ3v) is 6.45. The molecule has 2 N–H and O–H groups in total. The summed E-state index contributed by atoms with van der Waals surface area (Å²) in [6, 6.07) is 23.9. The van der Waals surface area contributed by atoms with Gasteiger partial charge in [-0.05, 0) is 71.9 Å². The Labute approximate surface area is 189 Å². The van der Waals surface area contributed by atoms with Gasteiger partial charge in [-0.15, -0.1) is 0 Å². The minimum absolute atomic E-state index is 0.0158. The molecule has 3 aromatic rings. The number of hydrogen-bond acceptors (Lipinski definition) is 6. The van der Waals surface area contributed by atoms with Gasteiger partial charge in [0.25, 0.3) is 5.91 Å². The predicted octanol–water partition coefficient (Wildman–Crippen LogP) is 4.01. The topological polar surface area (TPSA) is 117 Å². The molecule has 0 unspecified atom stereocenters. The fraction of sp³-hybridized carbons (Fsp3) is 0. The minimum atomic E-state index is -3.81. The highest BCUT2D eigenvalue weighted by atomic mass is 32.2. The highest BCUT2D eigenvalue weighted by Gasteiger charge is 2.34. The van der Waals surface area contributed by atoms with Gasteiger partial charge < -0.3 is 0 Å². The number of sulfonamides is 1. The Morgan fingerprint density at radius 3 is 2.22 bits per heavy atom. The zero-order valence-electron chi connectivity index (χ0n) is 16.5. The van der Waals surface area contributed by atoms with Crippen molar-refractivity contribution in [3.8, 4) is 6.07 Å². The van der Waals surface area contributed by atoms with Crippen molar-refractivity contribution in [1.29, 1.82) is 5.26 Å². The van der Waals surface area contributed by atoms with Crippen molar-refractivity contribution in [3.05, 3.63) is 94.9 Å². The van der Waals surface area contributed by atoms with Crippen LogP contribution in [0.5, 0.6) is 0 Å². The van der Waals surface area contributed by atoms with E-state index in [0.29, 0.717) is 27.0 Å². The van der Waals surface area contributed by atoms with Crippen LogP contribution >= 0.6 is 11.8 Å². The van der Waals surface area contributed by atoms with Crippen LogP contribution in [0.1, 0.15) is 11.1 Å². The second-order valence-corrected chi connectivity index (χ2v) is 9.32. The molecule has 0 radical (unpaired) electrons.